The van der Waals surface area contributed by atoms with E-state index in [4.69, 9.17) is 4.74 Å². The van der Waals surface area contributed by atoms with Crippen LogP contribution in [0.4, 0.5) is 5.69 Å². The van der Waals surface area contributed by atoms with Gasteiger partial charge in [-0.05, 0) is 53.8 Å². The second-order valence-electron chi connectivity index (χ2n) is 7.37. The minimum absolute atomic E-state index is 0. The van der Waals surface area contributed by atoms with Gasteiger partial charge in [-0.3, -0.25) is 0 Å². The number of hydrogen-bond acceptors (Lipinski definition) is 3. The van der Waals surface area contributed by atoms with Crippen LogP contribution in [-0.2, 0) is 6.54 Å². The van der Waals surface area contributed by atoms with Gasteiger partial charge in [-0.25, -0.2) is 0 Å². The summed E-state index contributed by atoms with van der Waals surface area (Å²) in [5, 5.41) is 6.33. The summed E-state index contributed by atoms with van der Waals surface area (Å²) >= 11 is 0. The van der Waals surface area contributed by atoms with E-state index in [-0.39, 0.29) is 28.3 Å². The van der Waals surface area contributed by atoms with E-state index in [1.54, 1.807) is 7.11 Å². The van der Waals surface area contributed by atoms with Crippen LogP contribution in [0.15, 0.2) is 60.7 Å². The van der Waals surface area contributed by atoms with Crippen LogP contribution < -0.4 is 15.0 Å². The first-order valence-corrected chi connectivity index (χ1v) is 9.89. The average molecular weight is 409 g/mol. The summed E-state index contributed by atoms with van der Waals surface area (Å²) in [5.74, 6) is 0.975. The van der Waals surface area contributed by atoms with E-state index in [2.05, 4.69) is 77.8 Å². The van der Waals surface area contributed by atoms with Crippen molar-refractivity contribution in [3.63, 3.8) is 0 Å². The van der Waals surface area contributed by atoms with Crippen molar-refractivity contribution >= 4 is 16.5 Å². The van der Waals surface area contributed by atoms with Gasteiger partial charge in [-0.2, -0.15) is 0 Å². The van der Waals surface area contributed by atoms with Crippen LogP contribution in [0.3, 0.4) is 0 Å². The summed E-state index contributed by atoms with van der Waals surface area (Å²) < 4.78 is 5.59. The van der Waals surface area contributed by atoms with Crippen molar-refractivity contribution in [3.8, 4) is 5.75 Å². The number of ether oxygens (including phenoxy) is 1. The van der Waals surface area contributed by atoms with Gasteiger partial charge in [0.1, 0.15) is 5.75 Å². The molecule has 1 saturated heterocycles. The summed E-state index contributed by atoms with van der Waals surface area (Å²) in [7, 11) is 1.76. The molecule has 30 heavy (non-hydrogen) atoms. The molecule has 3 aromatic carbocycles. The fourth-order valence-corrected chi connectivity index (χ4v) is 4.06. The van der Waals surface area contributed by atoms with Gasteiger partial charge in [0.15, 0.2) is 0 Å². The van der Waals surface area contributed by atoms with Crippen LogP contribution in [0.25, 0.3) is 10.8 Å². The summed E-state index contributed by atoms with van der Waals surface area (Å²) in [4.78, 5) is 2.44. The third-order valence-electron chi connectivity index (χ3n) is 5.59. The first-order valence-electron chi connectivity index (χ1n) is 9.89. The predicted octanol–water partition coefficient (Wildman–Crippen LogP) is 7.21. The van der Waals surface area contributed by atoms with Crippen LogP contribution in [0.1, 0.15) is 59.2 Å². The molecule has 3 heteroatoms. The van der Waals surface area contributed by atoms with E-state index in [9.17, 15) is 0 Å². The van der Waals surface area contributed by atoms with Gasteiger partial charge in [0.2, 0.25) is 0 Å². The Morgan fingerprint density at radius 2 is 1.63 bits per heavy atom. The quantitative estimate of drug-likeness (QED) is 0.466. The maximum Gasteiger partial charge on any atom is 0.142 e. The van der Waals surface area contributed by atoms with Crippen LogP contribution in [-0.4, -0.2) is 20.2 Å². The molecule has 3 nitrogen and oxygen atoms in total. The number of nitrogens with one attached hydrogen (secondary N) is 1. The van der Waals surface area contributed by atoms with Gasteiger partial charge < -0.3 is 15.0 Å². The summed E-state index contributed by atoms with van der Waals surface area (Å²) in [6.07, 6.45) is 2.54. The lowest BCUT2D eigenvalue weighted by molar-refractivity contribution is 0.414. The molecule has 0 aromatic heterocycles. The Kier molecular flexibility index (Phi) is 9.88. The number of rotatable bonds is 6. The largest absolute Gasteiger partial charge is 0.495 e. The fourth-order valence-electron chi connectivity index (χ4n) is 4.06. The minimum Gasteiger partial charge on any atom is -0.495 e. The van der Waals surface area contributed by atoms with Gasteiger partial charge in [0.25, 0.3) is 0 Å². The van der Waals surface area contributed by atoms with Crippen molar-refractivity contribution in [3.05, 3.63) is 71.8 Å². The molecule has 0 aliphatic carbocycles. The topological polar surface area (TPSA) is 24.5 Å². The average Bonchev–Trinajstić information content (AvgIpc) is 3.26. The van der Waals surface area contributed by atoms with E-state index in [1.807, 2.05) is 0 Å². The number of fused-ring (bicyclic) bond motifs is 1. The second kappa shape index (κ2) is 11.6. The van der Waals surface area contributed by atoms with Gasteiger partial charge in [-0.15, -0.1) is 0 Å². The third kappa shape index (κ3) is 5.34. The molecular formula is C27H40N2O. The summed E-state index contributed by atoms with van der Waals surface area (Å²) in [6, 6.07) is 22.0. The fraction of sp³-hybridized carbons (Fsp3) is 0.407. The number of benzene rings is 3. The molecule has 1 atom stereocenters. The highest BCUT2D eigenvalue weighted by Crippen LogP contribution is 2.32. The molecule has 0 bridgehead atoms. The van der Waals surface area contributed by atoms with Crippen molar-refractivity contribution in [1.82, 2.24) is 5.32 Å². The van der Waals surface area contributed by atoms with E-state index in [1.165, 1.54) is 40.4 Å². The predicted molar refractivity (Wildman–Crippen MR) is 134 cm³/mol. The van der Waals surface area contributed by atoms with Crippen molar-refractivity contribution in [2.24, 2.45) is 0 Å². The highest BCUT2D eigenvalue weighted by atomic mass is 16.5. The zero-order chi connectivity index (χ0) is 18.6. The van der Waals surface area contributed by atoms with Gasteiger partial charge in [-0.1, -0.05) is 70.8 Å². The van der Waals surface area contributed by atoms with E-state index in [0.717, 1.165) is 25.4 Å². The molecule has 1 heterocycles. The van der Waals surface area contributed by atoms with Crippen LogP contribution in [0.2, 0.25) is 0 Å². The molecular weight excluding hydrogens is 368 g/mol. The number of nitrogens with zero attached hydrogens (tertiary/aromatic N) is 1. The lowest BCUT2D eigenvalue weighted by Crippen LogP contribution is -2.20. The Morgan fingerprint density at radius 1 is 0.933 bits per heavy atom. The molecule has 0 unspecified atom stereocenters. The first kappa shape index (κ1) is 25.5. The normalized spacial score (nSPS) is 13.7. The number of hydrogen-bond donors (Lipinski definition) is 1. The van der Waals surface area contributed by atoms with Crippen molar-refractivity contribution < 1.29 is 4.74 Å². The zero-order valence-corrected chi connectivity index (χ0v) is 16.2. The van der Waals surface area contributed by atoms with Crippen LogP contribution in [0.5, 0.6) is 5.75 Å². The molecule has 0 amide bonds. The van der Waals surface area contributed by atoms with E-state index >= 15 is 0 Å². The number of anilines is 1. The molecule has 1 N–H and O–H groups in total. The van der Waals surface area contributed by atoms with Crippen molar-refractivity contribution in [2.45, 2.75) is 54.6 Å². The molecule has 1 aliphatic heterocycles. The standard InChI is InChI=1S/C24H28N2O.3CH4/c1-18(21-11-7-9-20-8-3-4-10-22(20)21)25-17-19-12-13-24(27-2)23(16-19)26-14-5-6-15-26;;;/h3-4,7-13,16,18,25H,5-6,14-15,17H2,1-2H3;3*1H4/t18-;;;/m1.../s1. The molecule has 164 valence electrons. The maximum absolute atomic E-state index is 5.59. The molecule has 0 radical (unpaired) electrons. The van der Waals surface area contributed by atoms with Gasteiger partial charge >= 0.3 is 0 Å². The minimum atomic E-state index is 0. The van der Waals surface area contributed by atoms with Crippen LogP contribution >= 0.6 is 0 Å². The Balaban J connectivity index is 0.00000150. The second-order valence-corrected chi connectivity index (χ2v) is 7.37. The molecule has 1 aliphatic rings. The van der Waals surface area contributed by atoms with Crippen molar-refractivity contribution in [2.75, 3.05) is 25.1 Å². The summed E-state index contributed by atoms with van der Waals surface area (Å²) in [6.45, 7) is 5.33. The van der Waals surface area contributed by atoms with Crippen molar-refractivity contribution in [1.29, 1.82) is 0 Å². The molecule has 1 fully saturated rings. The maximum atomic E-state index is 5.59. The Bertz CT molecular complexity index is 910. The smallest absolute Gasteiger partial charge is 0.142 e. The number of methoxy groups -OCH3 is 1. The highest BCUT2D eigenvalue weighted by Gasteiger charge is 2.17. The lowest BCUT2D eigenvalue weighted by Gasteiger charge is -2.22. The Labute approximate surface area is 184 Å². The van der Waals surface area contributed by atoms with E-state index < -0.39 is 0 Å². The Hall–Kier alpha value is -2.52. The van der Waals surface area contributed by atoms with Gasteiger partial charge in [0.05, 0.1) is 12.8 Å². The monoisotopic (exact) mass is 408 g/mol. The van der Waals surface area contributed by atoms with E-state index in [0.29, 0.717) is 0 Å². The van der Waals surface area contributed by atoms with Crippen LogP contribution in [0, 0.1) is 0 Å². The molecule has 0 saturated carbocycles. The Morgan fingerprint density at radius 3 is 2.37 bits per heavy atom. The zero-order valence-electron chi connectivity index (χ0n) is 16.2. The SMILES string of the molecule is C.C.C.COc1ccc(CN[C@H](C)c2cccc3ccccc23)cc1N1CCCC1. The summed E-state index contributed by atoms with van der Waals surface area (Å²) in [5.41, 5.74) is 3.87. The third-order valence-corrected chi connectivity index (χ3v) is 5.59. The highest BCUT2D eigenvalue weighted by molar-refractivity contribution is 5.86. The molecule has 3 aromatic rings. The lowest BCUT2D eigenvalue weighted by atomic mass is 9.99. The molecule has 4 rings (SSSR count). The first-order chi connectivity index (χ1) is 13.3. The van der Waals surface area contributed by atoms with Gasteiger partial charge in [0, 0.05) is 25.7 Å². The molecule has 0 spiro atoms.